The molecule has 1 aliphatic rings. The molecule has 1 saturated heterocycles. The van der Waals surface area contributed by atoms with E-state index in [0.717, 1.165) is 28.8 Å². The van der Waals surface area contributed by atoms with Crippen LogP contribution in [-0.4, -0.2) is 30.1 Å². The van der Waals surface area contributed by atoms with Gasteiger partial charge in [0, 0.05) is 11.0 Å². The number of thioether (sulfide) groups is 1. The van der Waals surface area contributed by atoms with Gasteiger partial charge in [-0.05, 0) is 42.0 Å². The highest BCUT2D eigenvalue weighted by atomic mass is 79.9. The van der Waals surface area contributed by atoms with Crippen molar-refractivity contribution in [1.82, 2.24) is 5.32 Å². The van der Waals surface area contributed by atoms with Crippen LogP contribution in [0.1, 0.15) is 18.4 Å². The summed E-state index contributed by atoms with van der Waals surface area (Å²) in [6.07, 6.45) is 1.67. The van der Waals surface area contributed by atoms with Gasteiger partial charge in [-0.2, -0.15) is 11.8 Å². The Hall–Kier alpha value is -0.520. The van der Waals surface area contributed by atoms with Gasteiger partial charge in [0.25, 0.3) is 0 Å². The van der Waals surface area contributed by atoms with E-state index in [1.165, 1.54) is 12.7 Å². The number of hydrogen-bond acceptors (Lipinski definition) is 4. The second-order valence-electron chi connectivity index (χ2n) is 4.67. The Bertz CT molecular complexity index is 430. The van der Waals surface area contributed by atoms with Gasteiger partial charge in [0.2, 0.25) is 0 Å². The van der Waals surface area contributed by atoms with Gasteiger partial charge < -0.3 is 4.74 Å². The van der Waals surface area contributed by atoms with E-state index in [2.05, 4.69) is 33.4 Å². The van der Waals surface area contributed by atoms with Crippen LogP contribution in [0, 0.1) is 0 Å². The number of carbonyl (C=O) groups is 1. The van der Waals surface area contributed by atoms with E-state index in [1.54, 1.807) is 0 Å². The van der Waals surface area contributed by atoms with Crippen LogP contribution in [0.3, 0.4) is 0 Å². The number of halogens is 1. The molecule has 104 valence electrons. The van der Waals surface area contributed by atoms with E-state index in [-0.39, 0.29) is 5.97 Å². The number of esters is 1. The highest BCUT2D eigenvalue weighted by Crippen LogP contribution is 2.28. The normalized spacial score (nSPS) is 18.0. The zero-order valence-electron chi connectivity index (χ0n) is 10.9. The number of nitrogens with one attached hydrogen (secondary N) is 1. The number of hydrogen-bond donors (Lipinski definition) is 1. The lowest BCUT2D eigenvalue weighted by atomic mass is 9.92. The molecule has 0 spiro atoms. The average Bonchev–Trinajstić information content (AvgIpc) is 2.47. The standard InChI is InChI=1S/C14H18BrNO2S/c1-18-13(17)14(6-8-19-9-7-14)16-10-11-2-4-12(15)5-3-11/h2-5,16H,6-10H2,1H3. The van der Waals surface area contributed by atoms with Gasteiger partial charge in [-0.1, -0.05) is 28.1 Å². The second kappa shape index (κ2) is 6.77. The van der Waals surface area contributed by atoms with Crippen LogP contribution < -0.4 is 5.32 Å². The molecule has 1 aromatic rings. The molecule has 1 N–H and O–H groups in total. The third-order valence-electron chi connectivity index (χ3n) is 3.47. The summed E-state index contributed by atoms with van der Waals surface area (Å²) in [6.45, 7) is 0.688. The van der Waals surface area contributed by atoms with E-state index < -0.39 is 5.54 Å². The van der Waals surface area contributed by atoms with E-state index in [0.29, 0.717) is 6.54 Å². The summed E-state index contributed by atoms with van der Waals surface area (Å²) in [7, 11) is 1.47. The first-order valence-corrected chi connectivity index (χ1v) is 8.27. The summed E-state index contributed by atoms with van der Waals surface area (Å²) in [4.78, 5) is 12.1. The van der Waals surface area contributed by atoms with Crippen molar-refractivity contribution in [3.63, 3.8) is 0 Å². The summed E-state index contributed by atoms with van der Waals surface area (Å²) in [5, 5.41) is 3.42. The van der Waals surface area contributed by atoms with Crippen molar-refractivity contribution in [2.24, 2.45) is 0 Å². The monoisotopic (exact) mass is 343 g/mol. The molecule has 0 saturated carbocycles. The lowest BCUT2D eigenvalue weighted by molar-refractivity contribution is -0.149. The third kappa shape index (κ3) is 3.74. The molecular weight excluding hydrogens is 326 g/mol. The van der Waals surface area contributed by atoms with Crippen LogP contribution >= 0.6 is 27.7 Å². The Morgan fingerprint density at radius 3 is 2.58 bits per heavy atom. The first kappa shape index (κ1) is 14.9. The molecule has 0 unspecified atom stereocenters. The van der Waals surface area contributed by atoms with Crippen LogP contribution in [0.25, 0.3) is 0 Å². The molecule has 3 nitrogen and oxygen atoms in total. The predicted molar refractivity (Wildman–Crippen MR) is 82.3 cm³/mol. The van der Waals surface area contributed by atoms with E-state index >= 15 is 0 Å². The van der Waals surface area contributed by atoms with Crippen molar-refractivity contribution < 1.29 is 9.53 Å². The molecule has 0 aromatic heterocycles. The molecule has 1 aromatic carbocycles. The quantitative estimate of drug-likeness (QED) is 0.853. The molecule has 19 heavy (non-hydrogen) atoms. The van der Waals surface area contributed by atoms with E-state index in [1.807, 2.05) is 23.9 Å². The Balaban J connectivity index is 2.04. The largest absolute Gasteiger partial charge is 0.468 e. The highest BCUT2D eigenvalue weighted by Gasteiger charge is 2.40. The fourth-order valence-electron chi connectivity index (χ4n) is 2.24. The fourth-order valence-corrected chi connectivity index (χ4v) is 3.70. The molecule has 0 atom stereocenters. The van der Waals surface area contributed by atoms with Gasteiger partial charge in [0.1, 0.15) is 5.54 Å². The smallest absolute Gasteiger partial charge is 0.326 e. The summed E-state index contributed by atoms with van der Waals surface area (Å²) in [5.74, 6) is 1.87. The summed E-state index contributed by atoms with van der Waals surface area (Å²) in [6, 6.07) is 8.14. The topological polar surface area (TPSA) is 38.3 Å². The second-order valence-corrected chi connectivity index (χ2v) is 6.81. The van der Waals surface area contributed by atoms with Crippen molar-refractivity contribution in [3.05, 3.63) is 34.3 Å². The summed E-state index contributed by atoms with van der Waals surface area (Å²) < 4.78 is 6.05. The van der Waals surface area contributed by atoms with Crippen molar-refractivity contribution in [3.8, 4) is 0 Å². The van der Waals surface area contributed by atoms with Gasteiger partial charge in [-0.15, -0.1) is 0 Å². The summed E-state index contributed by atoms with van der Waals surface area (Å²) >= 11 is 5.32. The Labute approximate surface area is 126 Å². The molecule has 5 heteroatoms. The van der Waals surface area contributed by atoms with Gasteiger partial charge in [-0.25, -0.2) is 0 Å². The predicted octanol–water partition coefficient (Wildman–Crippen LogP) is 2.98. The minimum Gasteiger partial charge on any atom is -0.468 e. The van der Waals surface area contributed by atoms with Crippen LogP contribution in [0.15, 0.2) is 28.7 Å². The number of ether oxygens (including phenoxy) is 1. The molecule has 0 radical (unpaired) electrons. The number of methoxy groups -OCH3 is 1. The molecule has 0 aliphatic carbocycles. The molecule has 0 bridgehead atoms. The van der Waals surface area contributed by atoms with Crippen molar-refractivity contribution in [2.75, 3.05) is 18.6 Å². The highest BCUT2D eigenvalue weighted by molar-refractivity contribution is 9.10. The molecule has 0 amide bonds. The first-order chi connectivity index (χ1) is 9.16. The maximum absolute atomic E-state index is 12.1. The summed E-state index contributed by atoms with van der Waals surface area (Å²) in [5.41, 5.74) is 0.664. The molecule has 1 heterocycles. The van der Waals surface area contributed by atoms with Crippen molar-refractivity contribution >= 4 is 33.7 Å². The Morgan fingerprint density at radius 1 is 1.37 bits per heavy atom. The average molecular weight is 344 g/mol. The first-order valence-electron chi connectivity index (χ1n) is 6.32. The maximum atomic E-state index is 12.1. The van der Waals surface area contributed by atoms with Crippen LogP contribution in [0.5, 0.6) is 0 Å². The number of carbonyl (C=O) groups excluding carboxylic acids is 1. The number of benzene rings is 1. The lowest BCUT2D eigenvalue weighted by Crippen LogP contribution is -2.54. The van der Waals surface area contributed by atoms with Gasteiger partial charge in [-0.3, -0.25) is 10.1 Å². The Morgan fingerprint density at radius 2 is 2.00 bits per heavy atom. The van der Waals surface area contributed by atoms with Crippen LogP contribution in [-0.2, 0) is 16.1 Å². The van der Waals surface area contributed by atoms with Crippen LogP contribution in [0.4, 0.5) is 0 Å². The van der Waals surface area contributed by atoms with E-state index in [9.17, 15) is 4.79 Å². The molecule has 1 fully saturated rings. The SMILES string of the molecule is COC(=O)C1(NCc2ccc(Br)cc2)CCSCC1. The maximum Gasteiger partial charge on any atom is 0.326 e. The van der Waals surface area contributed by atoms with Gasteiger partial charge >= 0.3 is 5.97 Å². The molecule has 2 rings (SSSR count). The minimum absolute atomic E-state index is 0.134. The third-order valence-corrected chi connectivity index (χ3v) is 4.98. The number of rotatable bonds is 4. The van der Waals surface area contributed by atoms with Crippen LogP contribution in [0.2, 0.25) is 0 Å². The lowest BCUT2D eigenvalue weighted by Gasteiger charge is -2.35. The van der Waals surface area contributed by atoms with Gasteiger partial charge in [0.15, 0.2) is 0 Å². The van der Waals surface area contributed by atoms with E-state index in [4.69, 9.17) is 4.74 Å². The fraction of sp³-hybridized carbons (Fsp3) is 0.500. The molecule has 1 aliphatic heterocycles. The Kier molecular flexibility index (Phi) is 5.30. The molecular formula is C14H18BrNO2S. The zero-order valence-corrected chi connectivity index (χ0v) is 13.4. The zero-order chi connectivity index (χ0) is 13.7. The van der Waals surface area contributed by atoms with Crippen molar-refractivity contribution in [2.45, 2.75) is 24.9 Å². The minimum atomic E-state index is -0.507. The van der Waals surface area contributed by atoms with Gasteiger partial charge in [0.05, 0.1) is 7.11 Å². The van der Waals surface area contributed by atoms with Crippen molar-refractivity contribution in [1.29, 1.82) is 0 Å².